The van der Waals surface area contributed by atoms with Crippen LogP contribution >= 0.6 is 11.3 Å². The minimum Gasteiger partial charge on any atom is -0.260 e. The Kier molecular flexibility index (Phi) is 1.47. The summed E-state index contributed by atoms with van der Waals surface area (Å²) in [4.78, 5) is 4.05. The maximum Gasteiger partial charge on any atom is 0.180 e. The summed E-state index contributed by atoms with van der Waals surface area (Å²) in [5.41, 5.74) is 3.06. The predicted molar refractivity (Wildman–Crippen MR) is 34.8 cm³/mol. The number of nitrogens with zero attached hydrogens (tertiary/aromatic N) is 1. The second-order valence-corrected chi connectivity index (χ2v) is 2.05. The normalized spacial score (nSPS) is 8.71. The average Bonchev–Trinajstić information content (AvgIpc) is 2.14. The third-order valence-corrected chi connectivity index (χ3v) is 1.48. The van der Waals surface area contributed by atoms with Crippen LogP contribution in [0.25, 0.3) is 0 Å². The molecule has 0 unspecified atom stereocenters. The molecule has 1 heterocycles. The fourth-order valence-corrected chi connectivity index (χ4v) is 1.05. The van der Waals surface area contributed by atoms with Gasteiger partial charge in [0.15, 0.2) is 7.28 Å². The summed E-state index contributed by atoms with van der Waals surface area (Å²) in [6.07, 6.45) is 0. The van der Waals surface area contributed by atoms with Crippen molar-refractivity contribution < 1.29 is 0 Å². The van der Waals surface area contributed by atoms with Gasteiger partial charge in [0.1, 0.15) is 0 Å². The van der Waals surface area contributed by atoms with Gasteiger partial charge >= 0.3 is 0 Å². The first kappa shape index (κ1) is 4.84. The molecule has 0 aliphatic rings. The number of aromatic nitrogens is 1. The van der Waals surface area contributed by atoms with Gasteiger partial charge in [-0.15, -0.1) is 11.3 Å². The van der Waals surface area contributed by atoms with Crippen molar-refractivity contribution in [2.75, 3.05) is 0 Å². The Morgan fingerprint density at radius 3 is 3.00 bits per heavy atom. The Morgan fingerprint density at radius 2 is 2.71 bits per heavy atom. The molecule has 0 radical (unpaired) electrons. The fraction of sp³-hybridized carbons (Fsp3) is 0.250. The largest absolute Gasteiger partial charge is 0.260 e. The van der Waals surface area contributed by atoms with Crippen LogP contribution in [0.5, 0.6) is 0 Å². The van der Waals surface area contributed by atoms with E-state index in [9.17, 15) is 0 Å². The fourth-order valence-electron chi connectivity index (χ4n) is 0.412. The van der Waals surface area contributed by atoms with Gasteiger partial charge in [-0.25, -0.2) is 0 Å². The minimum absolute atomic E-state index is 1.06. The number of hydrogen-bond acceptors (Lipinski definition) is 2. The molecule has 0 bridgehead atoms. The van der Waals surface area contributed by atoms with Crippen molar-refractivity contribution in [2.45, 2.75) is 6.82 Å². The molecule has 36 valence electrons. The first-order valence-corrected chi connectivity index (χ1v) is 3.25. The molecule has 0 saturated carbocycles. The smallest absolute Gasteiger partial charge is 0.180 e. The summed E-state index contributed by atoms with van der Waals surface area (Å²) in [5, 5.41) is 2.07. The van der Waals surface area contributed by atoms with E-state index in [1.54, 1.807) is 11.3 Å². The molecule has 0 aliphatic heterocycles. The van der Waals surface area contributed by atoms with Crippen LogP contribution in [0, 0.1) is 0 Å². The Bertz CT molecular complexity index is 126. The van der Waals surface area contributed by atoms with Crippen molar-refractivity contribution in [2.24, 2.45) is 0 Å². The molecule has 0 amide bonds. The van der Waals surface area contributed by atoms with Crippen LogP contribution in [-0.4, -0.2) is 12.3 Å². The molecule has 0 spiro atoms. The molecule has 3 heteroatoms. The second kappa shape index (κ2) is 2.12. The number of thiazole rings is 1. The minimum atomic E-state index is 1.06. The highest BCUT2D eigenvalue weighted by atomic mass is 32.1. The molecule has 0 N–H and O–H groups in total. The zero-order valence-electron chi connectivity index (χ0n) is 4.22. The van der Waals surface area contributed by atoms with Crippen LogP contribution in [0.4, 0.5) is 0 Å². The Hall–Kier alpha value is -0.305. The van der Waals surface area contributed by atoms with E-state index in [1.165, 1.54) is 5.59 Å². The summed E-state index contributed by atoms with van der Waals surface area (Å²) in [7, 11) is 1.06. The van der Waals surface area contributed by atoms with Gasteiger partial charge in [-0.3, -0.25) is 4.98 Å². The van der Waals surface area contributed by atoms with Gasteiger partial charge in [-0.1, -0.05) is 6.82 Å². The van der Waals surface area contributed by atoms with E-state index in [1.807, 2.05) is 5.51 Å². The molecule has 0 aliphatic carbocycles. The first-order valence-electron chi connectivity index (χ1n) is 2.30. The van der Waals surface area contributed by atoms with Crippen LogP contribution in [0.3, 0.4) is 0 Å². The van der Waals surface area contributed by atoms with Crippen LogP contribution in [0.2, 0.25) is 6.82 Å². The van der Waals surface area contributed by atoms with Crippen LogP contribution < -0.4 is 5.59 Å². The second-order valence-electron chi connectivity index (χ2n) is 1.33. The van der Waals surface area contributed by atoms with E-state index in [2.05, 4.69) is 17.2 Å². The van der Waals surface area contributed by atoms with E-state index in [4.69, 9.17) is 0 Å². The monoisotopic (exact) mass is 111 g/mol. The van der Waals surface area contributed by atoms with Crippen molar-refractivity contribution in [3.05, 3.63) is 10.9 Å². The molecule has 0 fully saturated rings. The van der Waals surface area contributed by atoms with E-state index in [0.717, 1.165) is 7.28 Å². The van der Waals surface area contributed by atoms with Crippen molar-refractivity contribution >= 4 is 24.2 Å². The summed E-state index contributed by atoms with van der Waals surface area (Å²) >= 11 is 1.65. The SMILES string of the molecule is CBc1cscn1. The molecule has 0 atom stereocenters. The molecule has 7 heavy (non-hydrogen) atoms. The summed E-state index contributed by atoms with van der Waals surface area (Å²) in [5.74, 6) is 0. The van der Waals surface area contributed by atoms with Crippen molar-refractivity contribution in [3.8, 4) is 0 Å². The summed E-state index contributed by atoms with van der Waals surface area (Å²) in [6.45, 7) is 2.11. The lowest BCUT2D eigenvalue weighted by Gasteiger charge is -1.74. The van der Waals surface area contributed by atoms with Gasteiger partial charge < -0.3 is 0 Å². The van der Waals surface area contributed by atoms with E-state index >= 15 is 0 Å². The Balaban J connectivity index is 2.76. The van der Waals surface area contributed by atoms with Crippen LogP contribution in [0.15, 0.2) is 10.9 Å². The topological polar surface area (TPSA) is 12.9 Å². The van der Waals surface area contributed by atoms with Gasteiger partial charge in [0.2, 0.25) is 0 Å². The highest BCUT2D eigenvalue weighted by Gasteiger charge is 1.86. The van der Waals surface area contributed by atoms with Crippen LogP contribution in [-0.2, 0) is 0 Å². The van der Waals surface area contributed by atoms with Crippen LogP contribution in [0.1, 0.15) is 0 Å². The lowest BCUT2D eigenvalue weighted by Crippen LogP contribution is -2.09. The molecule has 1 rings (SSSR count). The maximum atomic E-state index is 4.05. The standard InChI is InChI=1S/C4H6BNS/c1-5-4-2-7-3-6-4/h2-3,5H,1H3. The van der Waals surface area contributed by atoms with Crippen molar-refractivity contribution in [1.82, 2.24) is 4.98 Å². The number of rotatable bonds is 1. The lowest BCUT2D eigenvalue weighted by atomic mass is 9.79. The average molecular weight is 111 g/mol. The molecule has 1 nitrogen and oxygen atoms in total. The predicted octanol–water partition coefficient (Wildman–Crippen LogP) is 0.253. The molecular weight excluding hydrogens is 105 g/mol. The molecule has 1 aromatic heterocycles. The van der Waals surface area contributed by atoms with Crippen molar-refractivity contribution in [1.29, 1.82) is 0 Å². The highest BCUT2D eigenvalue weighted by molar-refractivity contribution is 7.08. The van der Waals surface area contributed by atoms with E-state index in [0.29, 0.717) is 0 Å². The number of hydrogen-bond donors (Lipinski definition) is 0. The maximum absolute atomic E-state index is 4.05. The summed E-state index contributed by atoms with van der Waals surface area (Å²) in [6, 6.07) is 0. The van der Waals surface area contributed by atoms with Gasteiger partial charge in [0, 0.05) is 11.0 Å². The van der Waals surface area contributed by atoms with Gasteiger partial charge in [-0.2, -0.15) is 0 Å². The quantitative estimate of drug-likeness (QED) is 0.473. The zero-order chi connectivity index (χ0) is 5.11. The molecular formula is C4H6BNS. The van der Waals surface area contributed by atoms with E-state index in [-0.39, 0.29) is 0 Å². The Labute approximate surface area is 47.6 Å². The van der Waals surface area contributed by atoms with Gasteiger partial charge in [-0.05, 0) is 0 Å². The Morgan fingerprint density at radius 1 is 1.86 bits per heavy atom. The first-order chi connectivity index (χ1) is 3.43. The van der Waals surface area contributed by atoms with E-state index < -0.39 is 0 Å². The third-order valence-electron chi connectivity index (χ3n) is 0.846. The zero-order valence-corrected chi connectivity index (χ0v) is 5.03. The van der Waals surface area contributed by atoms with Gasteiger partial charge in [0.05, 0.1) is 5.51 Å². The van der Waals surface area contributed by atoms with Crippen molar-refractivity contribution in [3.63, 3.8) is 0 Å². The molecule has 0 saturated heterocycles. The summed E-state index contributed by atoms with van der Waals surface area (Å²) < 4.78 is 0. The highest BCUT2D eigenvalue weighted by Crippen LogP contribution is 1.84. The van der Waals surface area contributed by atoms with Gasteiger partial charge in [0.25, 0.3) is 0 Å². The molecule has 1 aromatic rings. The molecule has 0 aromatic carbocycles. The lowest BCUT2D eigenvalue weighted by molar-refractivity contribution is 1.49. The third kappa shape index (κ3) is 1.03.